The fraction of sp³-hybridized carbons (Fsp3) is 0.381. The Kier molecular flexibility index (Phi) is 4.80. The molecule has 0 aliphatic carbocycles. The van der Waals surface area contributed by atoms with Crippen molar-refractivity contribution < 1.29 is 9.53 Å². The summed E-state index contributed by atoms with van der Waals surface area (Å²) in [6.45, 7) is 4.32. The summed E-state index contributed by atoms with van der Waals surface area (Å²) >= 11 is 0. The summed E-state index contributed by atoms with van der Waals surface area (Å²) in [7, 11) is 0. The molecule has 136 valence electrons. The SMILES string of the molecule is NC(=O)OCCCN1CCN2c3ccccc3Cc3ccccc3C2C1. The molecule has 0 spiro atoms. The quantitative estimate of drug-likeness (QED) is 0.861. The van der Waals surface area contributed by atoms with Crippen LogP contribution in [0.25, 0.3) is 0 Å². The van der Waals surface area contributed by atoms with Crippen molar-refractivity contribution in [1.82, 2.24) is 4.90 Å². The Labute approximate surface area is 154 Å². The van der Waals surface area contributed by atoms with Crippen molar-refractivity contribution in [3.63, 3.8) is 0 Å². The van der Waals surface area contributed by atoms with E-state index in [2.05, 4.69) is 58.3 Å². The van der Waals surface area contributed by atoms with Crippen LogP contribution in [-0.2, 0) is 11.2 Å². The molecular formula is C21H25N3O2. The summed E-state index contributed by atoms with van der Waals surface area (Å²) in [5, 5.41) is 0. The largest absolute Gasteiger partial charge is 0.450 e. The van der Waals surface area contributed by atoms with Gasteiger partial charge < -0.3 is 15.4 Å². The van der Waals surface area contributed by atoms with Crippen LogP contribution in [0.5, 0.6) is 0 Å². The van der Waals surface area contributed by atoms with E-state index in [1.54, 1.807) is 0 Å². The number of benzene rings is 2. The highest BCUT2D eigenvalue weighted by molar-refractivity contribution is 5.64. The summed E-state index contributed by atoms with van der Waals surface area (Å²) in [5.74, 6) is 0. The van der Waals surface area contributed by atoms with E-state index in [1.807, 2.05) is 0 Å². The number of ether oxygens (including phenoxy) is 1. The molecule has 2 aromatic rings. The third kappa shape index (κ3) is 3.40. The van der Waals surface area contributed by atoms with Gasteiger partial charge in [-0.15, -0.1) is 0 Å². The van der Waals surface area contributed by atoms with Gasteiger partial charge in [0.15, 0.2) is 0 Å². The first-order valence-corrected chi connectivity index (χ1v) is 9.29. The Balaban J connectivity index is 1.55. The first kappa shape index (κ1) is 16.9. The Morgan fingerprint density at radius 3 is 2.69 bits per heavy atom. The summed E-state index contributed by atoms with van der Waals surface area (Å²) < 4.78 is 4.86. The molecule has 2 aliphatic heterocycles. The zero-order valence-electron chi connectivity index (χ0n) is 14.9. The van der Waals surface area contributed by atoms with Crippen LogP contribution in [0.15, 0.2) is 48.5 Å². The highest BCUT2D eigenvalue weighted by atomic mass is 16.5. The highest BCUT2D eigenvalue weighted by Gasteiger charge is 2.32. The average Bonchev–Trinajstić information content (AvgIpc) is 2.79. The zero-order chi connectivity index (χ0) is 17.9. The maximum Gasteiger partial charge on any atom is 0.404 e. The number of primary amides is 1. The summed E-state index contributed by atoms with van der Waals surface area (Å²) in [6, 6.07) is 18.0. The van der Waals surface area contributed by atoms with Gasteiger partial charge in [-0.05, 0) is 35.6 Å². The summed E-state index contributed by atoms with van der Waals surface area (Å²) in [4.78, 5) is 15.7. The van der Waals surface area contributed by atoms with Crippen LogP contribution in [0, 0.1) is 0 Å². The number of nitrogens with zero attached hydrogens (tertiary/aromatic N) is 2. The van der Waals surface area contributed by atoms with Gasteiger partial charge in [-0.2, -0.15) is 0 Å². The fourth-order valence-electron chi connectivity index (χ4n) is 4.22. The van der Waals surface area contributed by atoms with Crippen LogP contribution in [0.1, 0.15) is 29.2 Å². The maximum atomic E-state index is 10.7. The van der Waals surface area contributed by atoms with Gasteiger partial charge in [-0.1, -0.05) is 42.5 Å². The maximum absolute atomic E-state index is 10.7. The van der Waals surface area contributed by atoms with Crippen LogP contribution in [0.3, 0.4) is 0 Å². The minimum absolute atomic E-state index is 0.362. The third-order valence-electron chi connectivity index (χ3n) is 5.42. The number of nitrogens with two attached hydrogens (primary N) is 1. The van der Waals surface area contributed by atoms with E-state index in [0.717, 1.165) is 39.0 Å². The minimum Gasteiger partial charge on any atom is -0.450 e. The van der Waals surface area contributed by atoms with Crippen molar-refractivity contribution in [3.05, 3.63) is 65.2 Å². The molecule has 1 unspecified atom stereocenters. The molecule has 2 aromatic carbocycles. The molecule has 0 aromatic heterocycles. The second kappa shape index (κ2) is 7.38. The van der Waals surface area contributed by atoms with Gasteiger partial charge in [-0.3, -0.25) is 4.90 Å². The molecule has 0 radical (unpaired) electrons. The zero-order valence-corrected chi connectivity index (χ0v) is 14.9. The molecule has 5 nitrogen and oxygen atoms in total. The number of carbonyl (C=O) groups excluding carboxylic acids is 1. The van der Waals surface area contributed by atoms with Gasteiger partial charge in [0.2, 0.25) is 0 Å². The van der Waals surface area contributed by atoms with Crippen molar-refractivity contribution in [1.29, 1.82) is 0 Å². The molecule has 1 amide bonds. The van der Waals surface area contributed by atoms with Crippen molar-refractivity contribution >= 4 is 11.8 Å². The molecule has 5 heteroatoms. The molecule has 2 aliphatic rings. The number of hydrogen-bond donors (Lipinski definition) is 1. The average molecular weight is 351 g/mol. The van der Waals surface area contributed by atoms with Crippen LogP contribution >= 0.6 is 0 Å². The van der Waals surface area contributed by atoms with Crippen LogP contribution < -0.4 is 10.6 Å². The molecular weight excluding hydrogens is 326 g/mol. The number of piperazine rings is 1. The fourth-order valence-corrected chi connectivity index (χ4v) is 4.22. The normalized spacial score (nSPS) is 19.1. The number of anilines is 1. The second-order valence-electron chi connectivity index (χ2n) is 7.04. The number of fused-ring (bicyclic) bond motifs is 5. The minimum atomic E-state index is -0.691. The highest BCUT2D eigenvalue weighted by Crippen LogP contribution is 2.38. The summed E-state index contributed by atoms with van der Waals surface area (Å²) in [5.41, 5.74) is 10.7. The Bertz CT molecular complexity index is 792. The van der Waals surface area contributed by atoms with E-state index < -0.39 is 6.09 Å². The topological polar surface area (TPSA) is 58.8 Å². The lowest BCUT2D eigenvalue weighted by atomic mass is 9.96. The van der Waals surface area contributed by atoms with E-state index in [-0.39, 0.29) is 0 Å². The molecule has 2 heterocycles. The van der Waals surface area contributed by atoms with Gasteiger partial charge >= 0.3 is 6.09 Å². The number of rotatable bonds is 4. The van der Waals surface area contributed by atoms with E-state index in [9.17, 15) is 4.79 Å². The van der Waals surface area contributed by atoms with Gasteiger partial charge in [0, 0.05) is 31.9 Å². The standard InChI is InChI=1S/C21H25N3O2/c22-21(25)26-13-5-10-23-11-12-24-19-9-4-2-7-17(19)14-16-6-1-3-8-18(16)20(24)15-23/h1-4,6-9,20H,5,10-15H2,(H2,22,25). The van der Waals surface area contributed by atoms with Crippen LogP contribution in [0.4, 0.5) is 10.5 Å². The summed E-state index contributed by atoms with van der Waals surface area (Å²) in [6.07, 6.45) is 1.11. The van der Waals surface area contributed by atoms with E-state index >= 15 is 0 Å². The Morgan fingerprint density at radius 2 is 1.85 bits per heavy atom. The van der Waals surface area contributed by atoms with Gasteiger partial charge in [0.25, 0.3) is 0 Å². The van der Waals surface area contributed by atoms with Gasteiger partial charge in [0.05, 0.1) is 12.6 Å². The molecule has 4 rings (SSSR count). The third-order valence-corrected chi connectivity index (χ3v) is 5.42. The Morgan fingerprint density at radius 1 is 1.08 bits per heavy atom. The van der Waals surface area contributed by atoms with Crippen molar-refractivity contribution in [2.24, 2.45) is 5.73 Å². The number of para-hydroxylation sites is 1. The molecule has 1 saturated heterocycles. The van der Waals surface area contributed by atoms with Crippen molar-refractivity contribution in [2.45, 2.75) is 18.9 Å². The molecule has 26 heavy (non-hydrogen) atoms. The lowest BCUT2D eigenvalue weighted by Crippen LogP contribution is -2.49. The van der Waals surface area contributed by atoms with Gasteiger partial charge in [0.1, 0.15) is 0 Å². The predicted molar refractivity (Wildman–Crippen MR) is 102 cm³/mol. The molecule has 1 atom stereocenters. The van der Waals surface area contributed by atoms with Gasteiger partial charge in [-0.25, -0.2) is 4.79 Å². The second-order valence-corrected chi connectivity index (χ2v) is 7.04. The van der Waals surface area contributed by atoms with Crippen LogP contribution in [-0.4, -0.2) is 43.8 Å². The molecule has 2 N–H and O–H groups in total. The first-order chi connectivity index (χ1) is 12.7. The Hall–Kier alpha value is -2.53. The van der Waals surface area contributed by atoms with Crippen LogP contribution in [0.2, 0.25) is 0 Å². The number of amides is 1. The van der Waals surface area contributed by atoms with E-state index in [4.69, 9.17) is 10.5 Å². The smallest absolute Gasteiger partial charge is 0.404 e. The molecule has 1 fully saturated rings. The van der Waals surface area contributed by atoms with Crippen molar-refractivity contribution in [2.75, 3.05) is 37.7 Å². The lowest BCUT2D eigenvalue weighted by molar-refractivity contribution is 0.143. The molecule has 0 bridgehead atoms. The molecule has 0 saturated carbocycles. The van der Waals surface area contributed by atoms with E-state index in [1.165, 1.54) is 22.4 Å². The first-order valence-electron chi connectivity index (χ1n) is 9.29. The number of hydrogen-bond acceptors (Lipinski definition) is 4. The lowest BCUT2D eigenvalue weighted by Gasteiger charge is -2.43. The monoisotopic (exact) mass is 351 g/mol. The van der Waals surface area contributed by atoms with Crippen molar-refractivity contribution in [3.8, 4) is 0 Å². The van der Waals surface area contributed by atoms with E-state index in [0.29, 0.717) is 12.6 Å². The number of carbonyl (C=O) groups is 1. The predicted octanol–water partition coefficient (Wildman–Crippen LogP) is 2.94.